The molecular weight excluding hydrogens is 286 g/mol. The van der Waals surface area contributed by atoms with Crippen molar-refractivity contribution in [2.75, 3.05) is 17.2 Å². The quantitative estimate of drug-likeness (QED) is 0.876. The van der Waals surface area contributed by atoms with Gasteiger partial charge in [0.05, 0.1) is 17.8 Å². The fourth-order valence-corrected chi connectivity index (χ4v) is 2.44. The number of benzene rings is 2. The average molecular weight is 307 g/mol. The molecule has 0 aliphatic rings. The smallest absolute Gasteiger partial charge is 0.243 e. The number of nitriles is 1. The molecule has 0 fully saturated rings. The van der Waals surface area contributed by atoms with Crippen LogP contribution in [-0.4, -0.2) is 12.5 Å². The van der Waals surface area contributed by atoms with Gasteiger partial charge in [-0.2, -0.15) is 5.26 Å². The number of anilines is 2. The Hall–Kier alpha value is -2.80. The minimum atomic E-state index is -0.131. The fraction of sp³-hybridized carbons (Fsp3) is 0.263. The highest BCUT2D eigenvalue weighted by Gasteiger charge is 2.12. The molecule has 0 atom stereocenters. The fourth-order valence-electron chi connectivity index (χ4n) is 2.44. The van der Waals surface area contributed by atoms with Crippen molar-refractivity contribution in [1.29, 1.82) is 5.26 Å². The maximum Gasteiger partial charge on any atom is 0.243 e. The predicted octanol–water partition coefficient (Wildman–Crippen LogP) is 4.04. The summed E-state index contributed by atoms with van der Waals surface area (Å²) in [4.78, 5) is 12.3. The Morgan fingerprint density at radius 2 is 1.91 bits per heavy atom. The molecule has 23 heavy (non-hydrogen) atoms. The standard InChI is InChI=1S/C19H21N3O/c1-13(2)16-9-6-7-14(3)19(16)22-18(23)12-21-17-10-5-4-8-15(17)11-20/h4-10,13,21H,12H2,1-3H3,(H,22,23). The Morgan fingerprint density at radius 1 is 1.17 bits per heavy atom. The van der Waals surface area contributed by atoms with Crippen LogP contribution in [0.4, 0.5) is 11.4 Å². The summed E-state index contributed by atoms with van der Waals surface area (Å²) in [5.74, 6) is 0.200. The third-order valence-electron chi connectivity index (χ3n) is 3.68. The number of amides is 1. The topological polar surface area (TPSA) is 64.9 Å². The maximum atomic E-state index is 12.3. The van der Waals surface area contributed by atoms with Crippen molar-refractivity contribution in [2.24, 2.45) is 0 Å². The molecule has 0 heterocycles. The van der Waals surface area contributed by atoms with Crippen LogP contribution < -0.4 is 10.6 Å². The van der Waals surface area contributed by atoms with Crippen LogP contribution in [0.15, 0.2) is 42.5 Å². The molecular formula is C19H21N3O. The van der Waals surface area contributed by atoms with E-state index in [2.05, 4.69) is 30.6 Å². The van der Waals surface area contributed by atoms with Crippen LogP contribution in [0.3, 0.4) is 0 Å². The molecule has 0 radical (unpaired) electrons. The van der Waals surface area contributed by atoms with Crippen molar-refractivity contribution in [3.8, 4) is 6.07 Å². The minimum Gasteiger partial charge on any atom is -0.375 e. The molecule has 0 saturated heterocycles. The van der Waals surface area contributed by atoms with Crippen molar-refractivity contribution in [2.45, 2.75) is 26.7 Å². The van der Waals surface area contributed by atoms with Gasteiger partial charge in [0.1, 0.15) is 6.07 Å². The highest BCUT2D eigenvalue weighted by atomic mass is 16.1. The van der Waals surface area contributed by atoms with Crippen LogP contribution in [0.25, 0.3) is 0 Å². The number of rotatable bonds is 5. The average Bonchev–Trinajstić information content (AvgIpc) is 2.54. The summed E-state index contributed by atoms with van der Waals surface area (Å²) in [6.45, 7) is 6.31. The minimum absolute atomic E-state index is 0.116. The van der Waals surface area contributed by atoms with Crippen molar-refractivity contribution >= 4 is 17.3 Å². The zero-order valence-electron chi connectivity index (χ0n) is 13.7. The van der Waals surface area contributed by atoms with E-state index in [9.17, 15) is 4.79 Å². The summed E-state index contributed by atoms with van der Waals surface area (Å²) in [5, 5.41) is 15.1. The summed E-state index contributed by atoms with van der Waals surface area (Å²) in [7, 11) is 0. The number of nitrogens with zero attached hydrogens (tertiary/aromatic N) is 1. The number of hydrogen-bond acceptors (Lipinski definition) is 3. The van der Waals surface area contributed by atoms with Crippen molar-refractivity contribution in [1.82, 2.24) is 0 Å². The van der Waals surface area contributed by atoms with Gasteiger partial charge in [-0.25, -0.2) is 0 Å². The van der Waals surface area contributed by atoms with Gasteiger partial charge in [-0.3, -0.25) is 4.79 Å². The summed E-state index contributed by atoms with van der Waals surface area (Å²) in [6, 6.07) is 15.3. The summed E-state index contributed by atoms with van der Waals surface area (Å²) >= 11 is 0. The zero-order chi connectivity index (χ0) is 16.8. The highest BCUT2D eigenvalue weighted by Crippen LogP contribution is 2.27. The van der Waals surface area contributed by atoms with Crippen molar-refractivity contribution in [3.63, 3.8) is 0 Å². The lowest BCUT2D eigenvalue weighted by molar-refractivity contribution is -0.114. The van der Waals surface area contributed by atoms with Crippen LogP contribution in [0.5, 0.6) is 0 Å². The van der Waals surface area contributed by atoms with Crippen LogP contribution in [0.2, 0.25) is 0 Å². The molecule has 118 valence electrons. The molecule has 2 N–H and O–H groups in total. The van der Waals surface area contributed by atoms with Gasteiger partial charge in [0.15, 0.2) is 0 Å². The number of nitrogens with one attached hydrogen (secondary N) is 2. The van der Waals surface area contributed by atoms with E-state index in [0.29, 0.717) is 17.2 Å². The third kappa shape index (κ3) is 4.10. The number of carbonyl (C=O) groups excluding carboxylic acids is 1. The summed E-state index contributed by atoms with van der Waals surface area (Å²) in [6.07, 6.45) is 0. The van der Waals surface area contributed by atoms with Crippen LogP contribution in [0.1, 0.15) is 36.5 Å². The number of carbonyl (C=O) groups is 1. The van der Waals surface area contributed by atoms with E-state index >= 15 is 0 Å². The first-order chi connectivity index (χ1) is 11.0. The lowest BCUT2D eigenvalue weighted by atomic mass is 9.98. The molecule has 0 aromatic heterocycles. The van der Waals surface area contributed by atoms with E-state index in [1.807, 2.05) is 31.2 Å². The Labute approximate surface area is 137 Å². The molecule has 0 aliphatic carbocycles. The molecule has 0 bridgehead atoms. The Kier molecular flexibility index (Phi) is 5.37. The number of hydrogen-bond donors (Lipinski definition) is 2. The van der Waals surface area contributed by atoms with Crippen molar-refractivity contribution in [3.05, 3.63) is 59.2 Å². The second kappa shape index (κ2) is 7.46. The second-order valence-electron chi connectivity index (χ2n) is 5.75. The molecule has 0 unspecified atom stereocenters. The lowest BCUT2D eigenvalue weighted by Crippen LogP contribution is -2.23. The number of para-hydroxylation sites is 2. The maximum absolute atomic E-state index is 12.3. The first-order valence-electron chi connectivity index (χ1n) is 7.65. The van der Waals surface area contributed by atoms with E-state index in [1.165, 1.54) is 0 Å². The lowest BCUT2D eigenvalue weighted by Gasteiger charge is -2.17. The van der Waals surface area contributed by atoms with Crippen molar-refractivity contribution < 1.29 is 4.79 Å². The van der Waals surface area contributed by atoms with Gasteiger partial charge in [0.2, 0.25) is 5.91 Å². The molecule has 2 rings (SSSR count). The highest BCUT2D eigenvalue weighted by molar-refractivity contribution is 5.95. The normalized spacial score (nSPS) is 10.2. The Morgan fingerprint density at radius 3 is 2.61 bits per heavy atom. The Balaban J connectivity index is 2.08. The van der Waals surface area contributed by atoms with Gasteiger partial charge in [-0.1, -0.05) is 44.2 Å². The molecule has 2 aromatic carbocycles. The SMILES string of the molecule is Cc1cccc(C(C)C)c1NC(=O)CNc1ccccc1C#N. The van der Waals surface area contributed by atoms with E-state index in [0.717, 1.165) is 16.8 Å². The molecule has 0 aliphatic heterocycles. The van der Waals surface area contributed by atoms with Gasteiger partial charge in [0.25, 0.3) is 0 Å². The first kappa shape index (κ1) is 16.6. The third-order valence-corrected chi connectivity index (χ3v) is 3.68. The zero-order valence-corrected chi connectivity index (χ0v) is 13.7. The van der Waals surface area contributed by atoms with E-state index in [1.54, 1.807) is 18.2 Å². The van der Waals surface area contributed by atoms with Gasteiger partial charge < -0.3 is 10.6 Å². The molecule has 0 saturated carbocycles. The largest absolute Gasteiger partial charge is 0.375 e. The van der Waals surface area contributed by atoms with E-state index in [-0.39, 0.29) is 12.5 Å². The molecule has 2 aromatic rings. The number of aryl methyl sites for hydroxylation is 1. The second-order valence-corrected chi connectivity index (χ2v) is 5.75. The predicted molar refractivity (Wildman–Crippen MR) is 93.5 cm³/mol. The van der Waals surface area contributed by atoms with Gasteiger partial charge in [-0.05, 0) is 36.1 Å². The van der Waals surface area contributed by atoms with Crippen LogP contribution in [0, 0.1) is 18.3 Å². The first-order valence-corrected chi connectivity index (χ1v) is 7.65. The van der Waals surface area contributed by atoms with Crippen LogP contribution >= 0.6 is 0 Å². The van der Waals surface area contributed by atoms with Gasteiger partial charge in [-0.15, -0.1) is 0 Å². The molecule has 4 heteroatoms. The van der Waals surface area contributed by atoms with Gasteiger partial charge in [0, 0.05) is 5.69 Å². The molecule has 1 amide bonds. The summed E-state index contributed by atoms with van der Waals surface area (Å²) < 4.78 is 0. The van der Waals surface area contributed by atoms with Crippen LogP contribution in [-0.2, 0) is 4.79 Å². The molecule has 4 nitrogen and oxygen atoms in total. The van der Waals surface area contributed by atoms with E-state index in [4.69, 9.17) is 5.26 Å². The monoisotopic (exact) mass is 307 g/mol. The molecule has 0 spiro atoms. The van der Waals surface area contributed by atoms with E-state index < -0.39 is 0 Å². The summed E-state index contributed by atoms with van der Waals surface area (Å²) in [5.41, 5.74) is 4.23. The van der Waals surface area contributed by atoms with Gasteiger partial charge >= 0.3 is 0 Å². The Bertz CT molecular complexity index is 745.